The molecule has 150 valence electrons. The summed E-state index contributed by atoms with van der Waals surface area (Å²) < 4.78 is 2.25. The molecule has 1 atom stereocenters. The number of para-hydroxylation sites is 2. The van der Waals surface area contributed by atoms with Crippen molar-refractivity contribution in [3.63, 3.8) is 0 Å². The van der Waals surface area contributed by atoms with Crippen molar-refractivity contribution in [3.05, 3.63) is 65.4 Å². The van der Waals surface area contributed by atoms with Gasteiger partial charge in [0.25, 0.3) is 5.91 Å². The zero-order valence-corrected chi connectivity index (χ0v) is 17.3. The molecule has 0 radical (unpaired) electrons. The molecule has 2 aromatic carbocycles. The van der Waals surface area contributed by atoms with Crippen molar-refractivity contribution < 1.29 is 4.79 Å². The van der Waals surface area contributed by atoms with Crippen LogP contribution in [0.25, 0.3) is 16.6 Å². The first-order valence-corrected chi connectivity index (χ1v) is 10.5. The second-order valence-electron chi connectivity index (χ2n) is 8.57. The zero-order chi connectivity index (χ0) is 18.7. The van der Waals surface area contributed by atoms with E-state index in [4.69, 9.17) is 0 Å². The molecule has 0 aliphatic carbocycles. The lowest BCUT2D eigenvalue weighted by atomic mass is 9.84. The van der Waals surface area contributed by atoms with E-state index in [1.165, 1.54) is 48.3 Å². The number of benzene rings is 2. The first kappa shape index (κ1) is 18.7. The average Bonchev–Trinajstić information content (AvgIpc) is 3.05. The molecule has 4 aliphatic heterocycles. The minimum atomic E-state index is 0. The summed E-state index contributed by atoms with van der Waals surface area (Å²) in [6.45, 7) is 3.39. The van der Waals surface area contributed by atoms with Crippen molar-refractivity contribution in [2.75, 3.05) is 19.6 Å². The number of carbonyl (C=O) groups is 1. The number of hydrogen-bond donors (Lipinski definition) is 1. The molecule has 0 saturated carbocycles. The molecular weight excluding hydrogens is 382 g/mol. The molecule has 4 aliphatic rings. The number of amides is 1. The molecule has 29 heavy (non-hydrogen) atoms. The number of aryl methyl sites for hydroxylation is 2. The van der Waals surface area contributed by atoms with Gasteiger partial charge in [0.05, 0.1) is 11.1 Å². The van der Waals surface area contributed by atoms with Crippen LogP contribution in [0.2, 0.25) is 0 Å². The number of aromatic nitrogens is 1. The predicted octanol–water partition coefficient (Wildman–Crippen LogP) is 3.97. The van der Waals surface area contributed by atoms with Gasteiger partial charge in [-0.15, -0.1) is 12.4 Å². The highest BCUT2D eigenvalue weighted by Gasteiger charge is 2.35. The zero-order valence-electron chi connectivity index (χ0n) is 16.4. The number of halogens is 1. The van der Waals surface area contributed by atoms with E-state index in [0.29, 0.717) is 5.92 Å². The highest BCUT2D eigenvalue weighted by molar-refractivity contribution is 6.08. The van der Waals surface area contributed by atoms with Crippen LogP contribution in [0.5, 0.6) is 0 Å². The Morgan fingerprint density at radius 1 is 0.966 bits per heavy atom. The highest BCUT2D eigenvalue weighted by Crippen LogP contribution is 2.34. The summed E-state index contributed by atoms with van der Waals surface area (Å²) in [7, 11) is 0. The van der Waals surface area contributed by atoms with Gasteiger partial charge in [-0.05, 0) is 61.9 Å². The fourth-order valence-electron chi connectivity index (χ4n) is 5.53. The van der Waals surface area contributed by atoms with Gasteiger partial charge in [0.1, 0.15) is 0 Å². The molecule has 1 unspecified atom stereocenters. The van der Waals surface area contributed by atoms with E-state index in [0.717, 1.165) is 30.3 Å². The number of piperidine rings is 3. The third-order valence-corrected chi connectivity index (χ3v) is 7.04. The van der Waals surface area contributed by atoms with E-state index < -0.39 is 0 Å². The summed E-state index contributed by atoms with van der Waals surface area (Å²) in [6, 6.07) is 15.3. The molecule has 7 rings (SSSR count). The van der Waals surface area contributed by atoms with Crippen LogP contribution in [0.15, 0.2) is 48.7 Å². The SMILES string of the molecule is Cl.O=C(NC1CN2CCC1CC2)c1cn2c3c(cccc13)CCc1ccccc1-2. The summed E-state index contributed by atoms with van der Waals surface area (Å²) in [5.74, 6) is 0.718. The van der Waals surface area contributed by atoms with Gasteiger partial charge in [-0.25, -0.2) is 0 Å². The molecule has 5 heteroatoms. The molecule has 3 fully saturated rings. The highest BCUT2D eigenvalue weighted by atomic mass is 35.5. The van der Waals surface area contributed by atoms with Gasteiger partial charge in [0, 0.05) is 29.9 Å². The summed E-state index contributed by atoms with van der Waals surface area (Å²) in [4.78, 5) is 15.8. The standard InChI is InChI=1S/C24H25N3O.ClH/c28-24(25-21-15-26-12-10-16(21)11-13-26)20-14-27-22-7-2-1-4-17(22)8-9-18-5-3-6-19(20)23(18)27;/h1-7,14,16,21H,8-13,15H2,(H,25,28);1H. The minimum absolute atomic E-state index is 0. The average molecular weight is 408 g/mol. The largest absolute Gasteiger partial charge is 0.348 e. The van der Waals surface area contributed by atoms with Crippen LogP contribution in [0.1, 0.15) is 34.3 Å². The van der Waals surface area contributed by atoms with Crippen LogP contribution < -0.4 is 5.32 Å². The smallest absolute Gasteiger partial charge is 0.253 e. The topological polar surface area (TPSA) is 37.3 Å². The van der Waals surface area contributed by atoms with E-state index in [2.05, 4.69) is 63.4 Å². The summed E-state index contributed by atoms with van der Waals surface area (Å²) in [5, 5.41) is 4.46. The Morgan fingerprint density at radius 3 is 2.52 bits per heavy atom. The van der Waals surface area contributed by atoms with Crippen molar-refractivity contribution in [2.45, 2.75) is 31.7 Å². The van der Waals surface area contributed by atoms with Gasteiger partial charge in [-0.3, -0.25) is 4.79 Å². The molecular formula is C24H26ClN3O. The van der Waals surface area contributed by atoms with Crippen LogP contribution in [0.3, 0.4) is 0 Å². The van der Waals surface area contributed by atoms with E-state index in [9.17, 15) is 4.79 Å². The van der Waals surface area contributed by atoms with Crippen molar-refractivity contribution >= 4 is 29.2 Å². The van der Waals surface area contributed by atoms with Gasteiger partial charge in [0.2, 0.25) is 0 Å². The monoisotopic (exact) mass is 407 g/mol. The molecule has 1 amide bonds. The maximum atomic E-state index is 13.3. The van der Waals surface area contributed by atoms with Crippen LogP contribution in [0.4, 0.5) is 0 Å². The number of hydrogen-bond acceptors (Lipinski definition) is 2. The molecule has 2 bridgehead atoms. The van der Waals surface area contributed by atoms with Crippen LogP contribution in [0, 0.1) is 5.92 Å². The first-order valence-electron chi connectivity index (χ1n) is 10.5. The first-order chi connectivity index (χ1) is 13.8. The molecule has 5 heterocycles. The van der Waals surface area contributed by atoms with E-state index in [1.54, 1.807) is 0 Å². The summed E-state index contributed by atoms with van der Waals surface area (Å²) in [5.41, 5.74) is 5.89. The Labute approximate surface area is 177 Å². The Kier molecular flexibility index (Phi) is 4.64. The summed E-state index contributed by atoms with van der Waals surface area (Å²) >= 11 is 0. The molecule has 3 saturated heterocycles. The summed E-state index contributed by atoms with van der Waals surface area (Å²) in [6.07, 6.45) is 6.54. The predicted molar refractivity (Wildman–Crippen MR) is 118 cm³/mol. The second-order valence-corrected chi connectivity index (χ2v) is 8.57. The molecule has 3 aromatic rings. The fraction of sp³-hybridized carbons (Fsp3) is 0.375. The Hall–Kier alpha value is -2.30. The minimum Gasteiger partial charge on any atom is -0.348 e. The normalized spacial score (nSPS) is 24.5. The Morgan fingerprint density at radius 2 is 1.72 bits per heavy atom. The lowest BCUT2D eigenvalue weighted by Gasteiger charge is -2.44. The number of nitrogens with zero attached hydrogens (tertiary/aromatic N) is 2. The Balaban J connectivity index is 0.00000181. The van der Waals surface area contributed by atoms with Crippen LogP contribution in [-0.2, 0) is 12.8 Å². The molecule has 4 nitrogen and oxygen atoms in total. The molecule has 1 aromatic heterocycles. The third-order valence-electron chi connectivity index (χ3n) is 7.04. The Bertz CT molecular complexity index is 1080. The van der Waals surface area contributed by atoms with Gasteiger partial charge in [-0.2, -0.15) is 0 Å². The number of carbonyl (C=O) groups excluding carboxylic acids is 1. The van der Waals surface area contributed by atoms with Crippen LogP contribution >= 0.6 is 12.4 Å². The van der Waals surface area contributed by atoms with Crippen molar-refractivity contribution in [2.24, 2.45) is 5.92 Å². The number of fused-ring (bicyclic) bond motifs is 5. The van der Waals surface area contributed by atoms with E-state index in [-0.39, 0.29) is 24.4 Å². The van der Waals surface area contributed by atoms with Gasteiger partial charge in [-0.1, -0.05) is 36.4 Å². The van der Waals surface area contributed by atoms with Crippen molar-refractivity contribution in [1.82, 2.24) is 14.8 Å². The number of rotatable bonds is 2. The van der Waals surface area contributed by atoms with Crippen LogP contribution in [-0.4, -0.2) is 41.1 Å². The molecule has 0 spiro atoms. The van der Waals surface area contributed by atoms with Crippen molar-refractivity contribution in [1.29, 1.82) is 0 Å². The van der Waals surface area contributed by atoms with E-state index in [1.807, 2.05) is 0 Å². The quantitative estimate of drug-likeness (QED) is 0.697. The van der Waals surface area contributed by atoms with E-state index >= 15 is 0 Å². The number of nitrogens with one attached hydrogen (secondary N) is 1. The van der Waals surface area contributed by atoms with Gasteiger partial charge >= 0.3 is 0 Å². The lowest BCUT2D eigenvalue weighted by molar-refractivity contribution is 0.0621. The maximum Gasteiger partial charge on any atom is 0.253 e. The maximum absolute atomic E-state index is 13.3. The fourth-order valence-corrected chi connectivity index (χ4v) is 5.53. The van der Waals surface area contributed by atoms with Gasteiger partial charge in [0.15, 0.2) is 0 Å². The second kappa shape index (κ2) is 7.19. The lowest BCUT2D eigenvalue weighted by Crippen LogP contribution is -2.57. The molecule has 1 N–H and O–H groups in total. The van der Waals surface area contributed by atoms with Crippen molar-refractivity contribution in [3.8, 4) is 5.69 Å². The van der Waals surface area contributed by atoms with Gasteiger partial charge < -0.3 is 14.8 Å². The third kappa shape index (κ3) is 2.97.